The van der Waals surface area contributed by atoms with Crippen molar-refractivity contribution in [3.8, 4) is 33.9 Å². The standard InChI is InChI=1S/C23H20N2O2S/c1-16-8-10-17(11-9-16)21-22(18-12-14-20(15-13-18)28(2,26)27)25-23(24-21)19-6-4-3-5-7-19/h3-15H,1-2H3,(H,24,25). The van der Waals surface area contributed by atoms with E-state index in [0.717, 1.165) is 33.9 Å². The second kappa shape index (κ2) is 7.09. The highest BCUT2D eigenvalue weighted by atomic mass is 32.2. The fourth-order valence-corrected chi connectivity index (χ4v) is 3.73. The average molecular weight is 388 g/mol. The van der Waals surface area contributed by atoms with E-state index in [1.807, 2.05) is 30.3 Å². The summed E-state index contributed by atoms with van der Waals surface area (Å²) in [6.07, 6.45) is 1.21. The van der Waals surface area contributed by atoms with Crippen LogP contribution in [0.5, 0.6) is 0 Å². The summed E-state index contributed by atoms with van der Waals surface area (Å²) in [5.74, 6) is 0.776. The zero-order valence-electron chi connectivity index (χ0n) is 15.7. The van der Waals surface area contributed by atoms with Gasteiger partial charge < -0.3 is 4.98 Å². The highest BCUT2D eigenvalue weighted by Crippen LogP contribution is 2.33. The summed E-state index contributed by atoms with van der Waals surface area (Å²) in [5.41, 5.74) is 5.78. The molecule has 4 rings (SSSR count). The van der Waals surface area contributed by atoms with Crippen LogP contribution in [0.4, 0.5) is 0 Å². The number of nitrogens with one attached hydrogen (secondary N) is 1. The smallest absolute Gasteiger partial charge is 0.175 e. The van der Waals surface area contributed by atoms with Gasteiger partial charge in [-0.3, -0.25) is 0 Å². The number of sulfone groups is 1. The van der Waals surface area contributed by atoms with Gasteiger partial charge in [0, 0.05) is 22.9 Å². The molecule has 0 aliphatic carbocycles. The maximum atomic E-state index is 11.8. The molecule has 0 fully saturated rings. The minimum atomic E-state index is -3.23. The first-order chi connectivity index (χ1) is 13.4. The van der Waals surface area contributed by atoms with Gasteiger partial charge in [-0.2, -0.15) is 0 Å². The average Bonchev–Trinajstić information content (AvgIpc) is 3.14. The maximum Gasteiger partial charge on any atom is 0.175 e. The monoisotopic (exact) mass is 388 g/mol. The lowest BCUT2D eigenvalue weighted by atomic mass is 10.0. The topological polar surface area (TPSA) is 62.8 Å². The molecule has 5 heteroatoms. The first-order valence-corrected chi connectivity index (χ1v) is 10.8. The molecule has 0 saturated heterocycles. The minimum Gasteiger partial charge on any atom is -0.337 e. The van der Waals surface area contributed by atoms with E-state index >= 15 is 0 Å². The Morgan fingerprint density at radius 1 is 0.750 bits per heavy atom. The highest BCUT2D eigenvalue weighted by molar-refractivity contribution is 7.90. The number of nitrogens with zero attached hydrogens (tertiary/aromatic N) is 1. The van der Waals surface area contributed by atoms with Crippen LogP contribution in [0.25, 0.3) is 33.9 Å². The summed E-state index contributed by atoms with van der Waals surface area (Å²) in [6.45, 7) is 2.05. The number of hydrogen-bond acceptors (Lipinski definition) is 3. The van der Waals surface area contributed by atoms with Crippen molar-refractivity contribution in [2.24, 2.45) is 0 Å². The van der Waals surface area contributed by atoms with Crippen molar-refractivity contribution in [2.45, 2.75) is 11.8 Å². The normalized spacial score (nSPS) is 11.5. The second-order valence-corrected chi connectivity index (χ2v) is 8.85. The molecule has 0 saturated carbocycles. The molecule has 3 aromatic carbocycles. The largest absolute Gasteiger partial charge is 0.337 e. The van der Waals surface area contributed by atoms with Crippen molar-refractivity contribution in [3.63, 3.8) is 0 Å². The summed E-state index contributed by atoms with van der Waals surface area (Å²) in [5, 5.41) is 0. The molecular weight excluding hydrogens is 368 g/mol. The molecule has 28 heavy (non-hydrogen) atoms. The molecule has 0 amide bonds. The first kappa shape index (κ1) is 18.2. The SMILES string of the molecule is Cc1ccc(-c2[nH]c(-c3ccccc3)nc2-c2ccc(S(C)(=O)=O)cc2)cc1. The van der Waals surface area contributed by atoms with Crippen LogP contribution in [0.15, 0.2) is 83.8 Å². The van der Waals surface area contributed by atoms with Crippen molar-refractivity contribution in [3.05, 3.63) is 84.4 Å². The molecule has 140 valence electrons. The van der Waals surface area contributed by atoms with E-state index in [9.17, 15) is 8.42 Å². The van der Waals surface area contributed by atoms with E-state index in [1.54, 1.807) is 24.3 Å². The molecule has 1 heterocycles. The Balaban J connectivity index is 1.87. The summed E-state index contributed by atoms with van der Waals surface area (Å²) in [7, 11) is -3.23. The summed E-state index contributed by atoms with van der Waals surface area (Å²) in [4.78, 5) is 8.58. The molecule has 0 spiro atoms. The molecule has 0 atom stereocenters. The summed E-state index contributed by atoms with van der Waals surface area (Å²) in [6, 6.07) is 25.1. The van der Waals surface area contributed by atoms with E-state index in [0.29, 0.717) is 4.90 Å². The maximum absolute atomic E-state index is 11.8. The first-order valence-electron chi connectivity index (χ1n) is 8.95. The number of aryl methyl sites for hydroxylation is 1. The Hall–Kier alpha value is -3.18. The van der Waals surface area contributed by atoms with Crippen LogP contribution in [0.1, 0.15) is 5.56 Å². The summed E-state index contributed by atoms with van der Waals surface area (Å²) < 4.78 is 23.5. The molecular formula is C23H20N2O2S. The van der Waals surface area contributed by atoms with Crippen LogP contribution in [0, 0.1) is 6.92 Å². The van der Waals surface area contributed by atoms with Crippen molar-refractivity contribution < 1.29 is 8.42 Å². The number of benzene rings is 3. The van der Waals surface area contributed by atoms with Crippen LogP contribution in [0.3, 0.4) is 0 Å². The number of hydrogen-bond donors (Lipinski definition) is 1. The van der Waals surface area contributed by atoms with Gasteiger partial charge in [0.25, 0.3) is 0 Å². The summed E-state index contributed by atoms with van der Waals surface area (Å²) >= 11 is 0. The van der Waals surface area contributed by atoms with E-state index in [1.165, 1.54) is 11.8 Å². The molecule has 1 aromatic heterocycles. The number of imidazole rings is 1. The molecule has 4 aromatic rings. The molecule has 0 unspecified atom stereocenters. The van der Waals surface area contributed by atoms with Crippen LogP contribution < -0.4 is 0 Å². The van der Waals surface area contributed by atoms with Gasteiger partial charge in [0.2, 0.25) is 0 Å². The highest BCUT2D eigenvalue weighted by Gasteiger charge is 2.16. The van der Waals surface area contributed by atoms with Crippen molar-refractivity contribution >= 4 is 9.84 Å². The van der Waals surface area contributed by atoms with Crippen molar-refractivity contribution in [1.29, 1.82) is 0 Å². The van der Waals surface area contributed by atoms with Crippen LogP contribution in [0.2, 0.25) is 0 Å². The van der Waals surface area contributed by atoms with E-state index in [4.69, 9.17) is 4.98 Å². The Morgan fingerprint density at radius 2 is 1.36 bits per heavy atom. The van der Waals surface area contributed by atoms with E-state index in [2.05, 4.69) is 36.2 Å². The third kappa shape index (κ3) is 3.62. The molecule has 1 N–H and O–H groups in total. The quantitative estimate of drug-likeness (QED) is 0.528. The number of aromatic amines is 1. The predicted molar refractivity (Wildman–Crippen MR) is 113 cm³/mol. The zero-order valence-corrected chi connectivity index (χ0v) is 16.5. The van der Waals surface area contributed by atoms with Crippen LogP contribution in [-0.2, 0) is 9.84 Å². The lowest BCUT2D eigenvalue weighted by molar-refractivity contribution is 0.602. The Labute approximate surface area is 164 Å². The molecule has 0 aliphatic heterocycles. The lowest BCUT2D eigenvalue weighted by Gasteiger charge is -2.05. The van der Waals surface area contributed by atoms with Gasteiger partial charge in [0.1, 0.15) is 5.82 Å². The number of rotatable bonds is 4. The van der Waals surface area contributed by atoms with Crippen LogP contribution >= 0.6 is 0 Å². The third-order valence-electron chi connectivity index (χ3n) is 4.65. The fraction of sp³-hybridized carbons (Fsp3) is 0.0870. The molecule has 4 nitrogen and oxygen atoms in total. The van der Waals surface area contributed by atoms with E-state index in [-0.39, 0.29) is 0 Å². The molecule has 0 aliphatic rings. The Kier molecular flexibility index (Phi) is 4.61. The lowest BCUT2D eigenvalue weighted by Crippen LogP contribution is -1.96. The van der Waals surface area contributed by atoms with Gasteiger partial charge in [-0.05, 0) is 19.1 Å². The van der Waals surface area contributed by atoms with Crippen LogP contribution in [-0.4, -0.2) is 24.6 Å². The zero-order chi connectivity index (χ0) is 19.7. The van der Waals surface area contributed by atoms with E-state index < -0.39 is 9.84 Å². The van der Waals surface area contributed by atoms with Gasteiger partial charge in [0.15, 0.2) is 9.84 Å². The minimum absolute atomic E-state index is 0.298. The third-order valence-corrected chi connectivity index (χ3v) is 5.78. The van der Waals surface area contributed by atoms with Gasteiger partial charge in [-0.1, -0.05) is 72.3 Å². The number of aromatic nitrogens is 2. The Morgan fingerprint density at radius 3 is 1.96 bits per heavy atom. The molecule has 0 radical (unpaired) electrons. The van der Waals surface area contributed by atoms with Crippen molar-refractivity contribution in [1.82, 2.24) is 9.97 Å². The predicted octanol–water partition coefficient (Wildman–Crippen LogP) is 5.12. The van der Waals surface area contributed by atoms with Gasteiger partial charge in [0.05, 0.1) is 16.3 Å². The number of H-pyrrole nitrogens is 1. The molecule has 0 bridgehead atoms. The van der Waals surface area contributed by atoms with Gasteiger partial charge in [-0.15, -0.1) is 0 Å². The fourth-order valence-electron chi connectivity index (χ4n) is 3.10. The van der Waals surface area contributed by atoms with Crippen molar-refractivity contribution in [2.75, 3.05) is 6.26 Å². The van der Waals surface area contributed by atoms with Gasteiger partial charge in [-0.25, -0.2) is 13.4 Å². The Bertz CT molecular complexity index is 1210. The van der Waals surface area contributed by atoms with Gasteiger partial charge >= 0.3 is 0 Å². The second-order valence-electron chi connectivity index (χ2n) is 6.84.